The van der Waals surface area contributed by atoms with Gasteiger partial charge in [0.25, 0.3) is 5.91 Å². The predicted molar refractivity (Wildman–Crippen MR) is 108 cm³/mol. The molecule has 1 fully saturated rings. The first-order valence-corrected chi connectivity index (χ1v) is 9.91. The fourth-order valence-corrected chi connectivity index (χ4v) is 4.01. The third-order valence-electron chi connectivity index (χ3n) is 5.47. The monoisotopic (exact) mass is 393 g/mol. The molecule has 1 saturated heterocycles. The van der Waals surface area contributed by atoms with Gasteiger partial charge in [-0.05, 0) is 38.0 Å². The van der Waals surface area contributed by atoms with E-state index in [0.717, 1.165) is 0 Å². The number of amides is 4. The molecule has 2 aliphatic heterocycles. The first-order valence-electron chi connectivity index (χ1n) is 9.91. The van der Waals surface area contributed by atoms with Crippen molar-refractivity contribution in [3.63, 3.8) is 0 Å². The van der Waals surface area contributed by atoms with Gasteiger partial charge < -0.3 is 9.64 Å². The van der Waals surface area contributed by atoms with Crippen molar-refractivity contribution in [2.75, 3.05) is 19.7 Å². The van der Waals surface area contributed by atoms with Crippen LogP contribution in [0.3, 0.4) is 0 Å². The SMILES string of the molecule is CCOc1ccccc1C(=O)N1CCC(N2C(=O)N=C3C=CC=CC3C2=O)CC1. The summed E-state index contributed by atoms with van der Waals surface area (Å²) in [5.74, 6) is -0.241. The van der Waals surface area contributed by atoms with E-state index in [-0.39, 0.29) is 17.9 Å². The predicted octanol–water partition coefficient (Wildman–Crippen LogP) is 2.84. The summed E-state index contributed by atoms with van der Waals surface area (Å²) in [6.07, 6.45) is 8.12. The van der Waals surface area contributed by atoms with Crippen molar-refractivity contribution in [1.29, 1.82) is 0 Å². The number of likely N-dealkylation sites (tertiary alicyclic amines) is 1. The topological polar surface area (TPSA) is 79.3 Å². The maximum Gasteiger partial charge on any atom is 0.350 e. The molecule has 2 heterocycles. The van der Waals surface area contributed by atoms with Crippen molar-refractivity contribution in [2.45, 2.75) is 25.8 Å². The van der Waals surface area contributed by atoms with Crippen LogP contribution >= 0.6 is 0 Å². The summed E-state index contributed by atoms with van der Waals surface area (Å²) in [6.45, 7) is 3.30. The van der Waals surface area contributed by atoms with Gasteiger partial charge in [0, 0.05) is 19.1 Å². The zero-order valence-corrected chi connectivity index (χ0v) is 16.3. The lowest BCUT2D eigenvalue weighted by molar-refractivity contribution is -0.131. The van der Waals surface area contributed by atoms with Gasteiger partial charge in [0.1, 0.15) is 5.75 Å². The Balaban J connectivity index is 1.45. The zero-order valence-electron chi connectivity index (χ0n) is 16.3. The van der Waals surface area contributed by atoms with Gasteiger partial charge in [0.2, 0.25) is 5.91 Å². The highest BCUT2D eigenvalue weighted by atomic mass is 16.5. The van der Waals surface area contributed by atoms with E-state index < -0.39 is 11.9 Å². The van der Waals surface area contributed by atoms with Crippen LogP contribution in [0.5, 0.6) is 5.75 Å². The molecule has 1 atom stereocenters. The number of carbonyl (C=O) groups excluding carboxylic acids is 3. The molecule has 0 bridgehead atoms. The van der Waals surface area contributed by atoms with Crippen molar-refractivity contribution in [2.24, 2.45) is 10.9 Å². The van der Waals surface area contributed by atoms with E-state index in [2.05, 4.69) is 4.99 Å². The molecule has 4 amide bonds. The molecule has 1 aromatic rings. The number of piperidine rings is 1. The molecule has 3 aliphatic rings. The third-order valence-corrected chi connectivity index (χ3v) is 5.47. The van der Waals surface area contributed by atoms with Gasteiger partial charge in [-0.3, -0.25) is 14.5 Å². The van der Waals surface area contributed by atoms with E-state index in [4.69, 9.17) is 4.74 Å². The lowest BCUT2D eigenvalue weighted by atomic mass is 9.93. The van der Waals surface area contributed by atoms with Crippen molar-refractivity contribution >= 4 is 23.6 Å². The van der Waals surface area contributed by atoms with Gasteiger partial charge in [-0.25, -0.2) is 4.79 Å². The highest BCUT2D eigenvalue weighted by Crippen LogP contribution is 2.27. The lowest BCUT2D eigenvalue weighted by Crippen LogP contribution is -2.54. The smallest absolute Gasteiger partial charge is 0.350 e. The fourth-order valence-electron chi connectivity index (χ4n) is 4.01. The average molecular weight is 393 g/mol. The molecule has 150 valence electrons. The van der Waals surface area contributed by atoms with Crippen LogP contribution in [0.1, 0.15) is 30.1 Å². The van der Waals surface area contributed by atoms with E-state index >= 15 is 0 Å². The van der Waals surface area contributed by atoms with Gasteiger partial charge in [-0.2, -0.15) is 4.99 Å². The number of nitrogens with zero attached hydrogens (tertiary/aromatic N) is 3. The number of urea groups is 1. The quantitative estimate of drug-likeness (QED) is 0.788. The molecular weight excluding hydrogens is 370 g/mol. The molecule has 0 saturated carbocycles. The molecule has 4 rings (SSSR count). The Labute approximate surface area is 169 Å². The molecule has 0 spiro atoms. The van der Waals surface area contributed by atoms with Crippen molar-refractivity contribution < 1.29 is 19.1 Å². The average Bonchev–Trinajstić information content (AvgIpc) is 2.74. The molecule has 0 radical (unpaired) electrons. The van der Waals surface area contributed by atoms with Gasteiger partial charge in [-0.1, -0.05) is 30.4 Å². The van der Waals surface area contributed by atoms with Crippen LogP contribution in [0.25, 0.3) is 0 Å². The number of benzene rings is 1. The second kappa shape index (κ2) is 8.03. The zero-order chi connectivity index (χ0) is 20.4. The van der Waals surface area contributed by atoms with Crippen LogP contribution in [0.2, 0.25) is 0 Å². The number of carbonyl (C=O) groups is 3. The minimum Gasteiger partial charge on any atom is -0.493 e. The highest BCUT2D eigenvalue weighted by Gasteiger charge is 2.41. The largest absolute Gasteiger partial charge is 0.493 e. The summed E-state index contributed by atoms with van der Waals surface area (Å²) in [5.41, 5.74) is 1.03. The molecule has 1 aliphatic carbocycles. The Hall–Kier alpha value is -3.22. The molecular formula is C22H23N3O4. The number of allylic oxidation sites excluding steroid dienone is 3. The van der Waals surface area contributed by atoms with Gasteiger partial charge in [0.15, 0.2) is 0 Å². The fraction of sp³-hybridized carbons (Fsp3) is 0.364. The van der Waals surface area contributed by atoms with Crippen LogP contribution in [-0.2, 0) is 4.79 Å². The van der Waals surface area contributed by atoms with E-state index in [1.165, 1.54) is 4.90 Å². The van der Waals surface area contributed by atoms with E-state index in [0.29, 0.717) is 49.6 Å². The molecule has 1 unspecified atom stereocenters. The number of imide groups is 1. The van der Waals surface area contributed by atoms with Gasteiger partial charge in [-0.15, -0.1) is 0 Å². The minimum atomic E-state index is -0.507. The Morgan fingerprint density at radius 2 is 1.93 bits per heavy atom. The number of rotatable bonds is 4. The summed E-state index contributed by atoms with van der Waals surface area (Å²) >= 11 is 0. The number of hydrogen-bond donors (Lipinski definition) is 0. The molecule has 1 aromatic carbocycles. The first-order chi connectivity index (χ1) is 14.1. The van der Waals surface area contributed by atoms with E-state index in [1.54, 1.807) is 41.3 Å². The first kappa shape index (κ1) is 19.1. The van der Waals surface area contributed by atoms with Crippen LogP contribution in [0, 0.1) is 5.92 Å². The van der Waals surface area contributed by atoms with Crippen LogP contribution in [0.4, 0.5) is 4.79 Å². The number of para-hydroxylation sites is 1. The number of hydrogen-bond acceptors (Lipinski definition) is 4. The molecule has 7 nitrogen and oxygen atoms in total. The number of fused-ring (bicyclic) bond motifs is 1. The molecule has 0 aromatic heterocycles. The van der Waals surface area contributed by atoms with E-state index in [1.807, 2.05) is 19.1 Å². The Kier molecular flexibility index (Phi) is 5.29. The number of ether oxygens (including phenoxy) is 1. The second-order valence-corrected chi connectivity index (χ2v) is 7.20. The van der Waals surface area contributed by atoms with Crippen molar-refractivity contribution in [1.82, 2.24) is 9.80 Å². The summed E-state index contributed by atoms with van der Waals surface area (Å²) in [4.78, 5) is 45.4. The van der Waals surface area contributed by atoms with Gasteiger partial charge in [0.05, 0.1) is 23.8 Å². The number of aliphatic imine (C=N–C) groups is 1. The summed E-state index contributed by atoms with van der Waals surface area (Å²) in [5, 5.41) is 0. The van der Waals surface area contributed by atoms with E-state index in [9.17, 15) is 14.4 Å². The summed E-state index contributed by atoms with van der Waals surface area (Å²) in [6, 6.07) is 6.45. The maximum atomic E-state index is 13.0. The Morgan fingerprint density at radius 1 is 1.17 bits per heavy atom. The van der Waals surface area contributed by atoms with Gasteiger partial charge >= 0.3 is 6.03 Å². The standard InChI is InChI=1S/C22H23N3O4/c1-2-29-19-10-6-4-8-17(19)20(26)24-13-11-15(12-14-24)25-21(27)16-7-3-5-9-18(16)23-22(25)28/h3-10,15-16H,2,11-14H2,1H3. The molecule has 7 heteroatoms. The van der Waals surface area contributed by atoms with Crippen LogP contribution < -0.4 is 4.74 Å². The summed E-state index contributed by atoms with van der Waals surface area (Å²) in [7, 11) is 0. The Morgan fingerprint density at radius 3 is 2.69 bits per heavy atom. The van der Waals surface area contributed by atoms with Crippen molar-refractivity contribution in [3.05, 3.63) is 54.1 Å². The summed E-state index contributed by atoms with van der Waals surface area (Å²) < 4.78 is 5.57. The Bertz CT molecular complexity index is 926. The molecule has 29 heavy (non-hydrogen) atoms. The van der Waals surface area contributed by atoms with Crippen LogP contribution in [-0.4, -0.2) is 59.1 Å². The third kappa shape index (κ3) is 3.60. The highest BCUT2D eigenvalue weighted by molar-refractivity contribution is 6.21. The van der Waals surface area contributed by atoms with Crippen LogP contribution in [0.15, 0.2) is 53.6 Å². The lowest BCUT2D eigenvalue weighted by Gasteiger charge is -2.39. The maximum absolute atomic E-state index is 13.0. The second-order valence-electron chi connectivity index (χ2n) is 7.20. The van der Waals surface area contributed by atoms with Crippen molar-refractivity contribution in [3.8, 4) is 5.75 Å². The normalized spacial score (nSPS) is 21.8. The minimum absolute atomic E-state index is 0.0931. The molecule has 0 N–H and O–H groups in total.